The van der Waals surface area contributed by atoms with E-state index in [1.807, 2.05) is 18.2 Å². The highest BCUT2D eigenvalue weighted by Gasteiger charge is 2.12. The normalized spacial score (nSPS) is 11.8. The smallest absolute Gasteiger partial charge is 0.0468 e. The monoisotopic (exact) mass is 361 g/mol. The summed E-state index contributed by atoms with van der Waals surface area (Å²) in [5.74, 6) is 0. The summed E-state index contributed by atoms with van der Waals surface area (Å²) in [5.41, 5.74) is 5.83. The summed E-state index contributed by atoms with van der Waals surface area (Å²) in [6.07, 6.45) is 0. The van der Waals surface area contributed by atoms with Gasteiger partial charge >= 0.3 is 0 Å². The first kappa shape index (κ1) is 17.8. The van der Waals surface area contributed by atoms with Crippen LogP contribution in [0, 0.1) is 0 Å². The Balaban J connectivity index is 1.93. The summed E-state index contributed by atoms with van der Waals surface area (Å²) in [7, 11) is 0. The lowest BCUT2D eigenvalue weighted by atomic mass is 10.0. The second-order valence-electron chi connectivity index (χ2n) is 6.84. The number of rotatable bonds is 4. The first-order valence-electron chi connectivity index (χ1n) is 9.49. The fraction of sp³-hybridized carbons (Fsp3) is 0.0370. The van der Waals surface area contributed by atoms with E-state index in [0.29, 0.717) is 0 Å². The summed E-state index contributed by atoms with van der Waals surface area (Å²) in [4.78, 5) is 2.28. The number of anilines is 3. The van der Waals surface area contributed by atoms with Crippen LogP contribution >= 0.6 is 0 Å². The maximum Gasteiger partial charge on any atom is 0.0468 e. The van der Waals surface area contributed by atoms with Gasteiger partial charge in [0.1, 0.15) is 0 Å². The third-order valence-corrected chi connectivity index (χ3v) is 4.99. The standard InChI is InChI=1S/C27H23N/c1-21-18-19-26(20-27(21)22(2)23-12-6-3-7-13-23)28(24-14-8-4-9-15-24)25-16-10-5-11-17-25/h3-20H,1H2,2H3/b27-22+. The molecule has 4 aromatic rings. The molecule has 0 unspecified atom stereocenters. The van der Waals surface area contributed by atoms with Crippen LogP contribution in [0.4, 0.5) is 17.1 Å². The van der Waals surface area contributed by atoms with Gasteiger partial charge in [0.15, 0.2) is 0 Å². The molecule has 0 atom stereocenters. The van der Waals surface area contributed by atoms with E-state index in [9.17, 15) is 0 Å². The molecule has 28 heavy (non-hydrogen) atoms. The summed E-state index contributed by atoms with van der Waals surface area (Å²) in [6, 6.07) is 37.9. The van der Waals surface area contributed by atoms with E-state index in [4.69, 9.17) is 0 Å². The van der Waals surface area contributed by atoms with Crippen LogP contribution in [0.25, 0.3) is 12.2 Å². The SMILES string of the molecule is C=c1ccc(N(c2ccccc2)c2ccccc2)c/c1=C(/C)c1ccccc1. The molecule has 0 bridgehead atoms. The van der Waals surface area contributed by atoms with Crippen LogP contribution in [0.3, 0.4) is 0 Å². The topological polar surface area (TPSA) is 3.24 Å². The van der Waals surface area contributed by atoms with Crippen LogP contribution < -0.4 is 15.3 Å². The average molecular weight is 361 g/mol. The molecule has 0 aliphatic heterocycles. The number of benzene rings is 4. The van der Waals surface area contributed by atoms with Crippen LogP contribution in [0.1, 0.15) is 12.5 Å². The van der Waals surface area contributed by atoms with Crippen molar-refractivity contribution in [3.8, 4) is 0 Å². The molecule has 0 saturated heterocycles. The molecule has 136 valence electrons. The van der Waals surface area contributed by atoms with Crippen molar-refractivity contribution < 1.29 is 0 Å². The van der Waals surface area contributed by atoms with E-state index in [1.165, 1.54) is 16.4 Å². The number of para-hydroxylation sites is 2. The molecule has 0 spiro atoms. The largest absolute Gasteiger partial charge is 0.310 e. The van der Waals surface area contributed by atoms with Crippen molar-refractivity contribution in [2.45, 2.75) is 6.92 Å². The zero-order valence-electron chi connectivity index (χ0n) is 16.0. The van der Waals surface area contributed by atoms with Gasteiger partial charge in [-0.3, -0.25) is 0 Å². The minimum atomic E-state index is 1.03. The van der Waals surface area contributed by atoms with Crippen molar-refractivity contribution in [1.82, 2.24) is 0 Å². The highest BCUT2D eigenvalue weighted by molar-refractivity contribution is 5.77. The third-order valence-electron chi connectivity index (χ3n) is 4.99. The van der Waals surface area contributed by atoms with Gasteiger partial charge in [0, 0.05) is 17.1 Å². The summed E-state index contributed by atoms with van der Waals surface area (Å²) >= 11 is 0. The van der Waals surface area contributed by atoms with Crippen LogP contribution in [-0.4, -0.2) is 0 Å². The molecule has 4 rings (SSSR count). The predicted octanol–water partition coefficient (Wildman–Crippen LogP) is 5.79. The number of hydrogen-bond donors (Lipinski definition) is 0. The molecule has 0 saturated carbocycles. The maximum atomic E-state index is 4.27. The molecule has 0 aromatic heterocycles. The quantitative estimate of drug-likeness (QED) is 0.445. The van der Waals surface area contributed by atoms with Gasteiger partial charge in [-0.15, -0.1) is 0 Å². The fourth-order valence-electron chi connectivity index (χ4n) is 3.50. The second-order valence-corrected chi connectivity index (χ2v) is 6.84. The van der Waals surface area contributed by atoms with Crippen molar-refractivity contribution >= 4 is 29.2 Å². The fourth-order valence-corrected chi connectivity index (χ4v) is 3.50. The molecule has 0 amide bonds. The van der Waals surface area contributed by atoms with Crippen LogP contribution in [0.15, 0.2) is 109 Å². The van der Waals surface area contributed by atoms with E-state index in [0.717, 1.165) is 22.3 Å². The molecular weight excluding hydrogens is 338 g/mol. The molecule has 0 radical (unpaired) electrons. The molecular formula is C27H23N. The molecule has 1 heteroatoms. The van der Waals surface area contributed by atoms with Gasteiger partial charge in [0.05, 0.1) is 0 Å². The van der Waals surface area contributed by atoms with Crippen molar-refractivity contribution in [1.29, 1.82) is 0 Å². The maximum absolute atomic E-state index is 4.27. The Hall–Kier alpha value is -3.58. The van der Waals surface area contributed by atoms with Crippen molar-refractivity contribution in [2.24, 2.45) is 0 Å². The van der Waals surface area contributed by atoms with E-state index < -0.39 is 0 Å². The molecule has 0 fully saturated rings. The second kappa shape index (κ2) is 7.98. The molecule has 1 nitrogen and oxygen atoms in total. The van der Waals surface area contributed by atoms with Gasteiger partial charge in [-0.2, -0.15) is 0 Å². The van der Waals surface area contributed by atoms with E-state index in [-0.39, 0.29) is 0 Å². The molecule has 4 aromatic carbocycles. The number of hydrogen-bond acceptors (Lipinski definition) is 1. The van der Waals surface area contributed by atoms with Crippen molar-refractivity contribution in [3.05, 3.63) is 125 Å². The third kappa shape index (κ3) is 3.60. The van der Waals surface area contributed by atoms with Crippen molar-refractivity contribution in [3.63, 3.8) is 0 Å². The first-order valence-corrected chi connectivity index (χ1v) is 9.49. The molecule has 0 aliphatic carbocycles. The van der Waals surface area contributed by atoms with Gasteiger partial charge in [-0.05, 0) is 64.9 Å². The summed E-state index contributed by atoms with van der Waals surface area (Å²) in [6.45, 7) is 6.44. The van der Waals surface area contributed by atoms with Crippen LogP contribution in [0.5, 0.6) is 0 Å². The van der Waals surface area contributed by atoms with Crippen molar-refractivity contribution in [2.75, 3.05) is 4.90 Å². The van der Waals surface area contributed by atoms with E-state index in [1.54, 1.807) is 0 Å². The zero-order valence-corrected chi connectivity index (χ0v) is 16.0. The van der Waals surface area contributed by atoms with E-state index in [2.05, 4.69) is 109 Å². The minimum absolute atomic E-state index is 1.03. The lowest BCUT2D eigenvalue weighted by Crippen LogP contribution is -2.26. The Morgan fingerprint density at radius 3 is 1.64 bits per heavy atom. The van der Waals surface area contributed by atoms with E-state index >= 15 is 0 Å². The van der Waals surface area contributed by atoms with Crippen LogP contribution in [-0.2, 0) is 0 Å². The Labute approximate surface area is 166 Å². The highest BCUT2D eigenvalue weighted by atomic mass is 15.1. The Morgan fingerprint density at radius 2 is 1.11 bits per heavy atom. The Bertz CT molecular complexity index is 1120. The summed E-state index contributed by atoms with van der Waals surface area (Å²) in [5, 5.41) is 2.20. The minimum Gasteiger partial charge on any atom is -0.310 e. The molecule has 0 heterocycles. The lowest BCUT2D eigenvalue weighted by Gasteiger charge is -2.25. The molecule has 0 N–H and O–H groups in total. The molecule has 0 aliphatic rings. The van der Waals surface area contributed by atoms with Gasteiger partial charge < -0.3 is 4.90 Å². The number of nitrogens with zero attached hydrogens (tertiary/aromatic N) is 1. The Morgan fingerprint density at radius 1 is 0.607 bits per heavy atom. The van der Waals surface area contributed by atoms with Gasteiger partial charge in [-0.25, -0.2) is 0 Å². The highest BCUT2D eigenvalue weighted by Crippen LogP contribution is 2.32. The Kier molecular flexibility index (Phi) is 5.07. The van der Waals surface area contributed by atoms with Gasteiger partial charge in [0.25, 0.3) is 0 Å². The summed E-state index contributed by atoms with van der Waals surface area (Å²) < 4.78 is 0. The first-order chi connectivity index (χ1) is 13.7. The zero-order chi connectivity index (χ0) is 19.3. The predicted molar refractivity (Wildman–Crippen MR) is 121 cm³/mol. The van der Waals surface area contributed by atoms with Gasteiger partial charge in [0.2, 0.25) is 0 Å². The van der Waals surface area contributed by atoms with Crippen LogP contribution in [0.2, 0.25) is 0 Å². The lowest BCUT2D eigenvalue weighted by molar-refractivity contribution is 1.27. The van der Waals surface area contributed by atoms with Gasteiger partial charge in [-0.1, -0.05) is 79.4 Å². The average Bonchev–Trinajstić information content (AvgIpc) is 2.77.